The van der Waals surface area contributed by atoms with Crippen molar-refractivity contribution < 1.29 is 4.74 Å². The lowest BCUT2D eigenvalue weighted by atomic mass is 10.2. The second-order valence-corrected chi connectivity index (χ2v) is 3.20. The molecule has 0 aliphatic heterocycles. The van der Waals surface area contributed by atoms with Crippen molar-refractivity contribution >= 4 is 11.6 Å². The van der Waals surface area contributed by atoms with Gasteiger partial charge >= 0.3 is 0 Å². The van der Waals surface area contributed by atoms with Crippen LogP contribution in [0.15, 0.2) is 24.3 Å². The molecular weight excluding hydrogens is 196 g/mol. The number of methoxy groups -OCH3 is 1. The summed E-state index contributed by atoms with van der Waals surface area (Å²) in [6, 6.07) is 7.72. The highest BCUT2D eigenvalue weighted by Gasteiger charge is 1.89. The van der Waals surface area contributed by atoms with E-state index < -0.39 is 0 Å². The van der Waals surface area contributed by atoms with Gasteiger partial charge in [-0.05, 0) is 30.7 Å². The van der Waals surface area contributed by atoms with E-state index in [0.29, 0.717) is 5.88 Å². The molecule has 0 aliphatic carbocycles. The predicted molar refractivity (Wildman–Crippen MR) is 59.8 cm³/mol. The molecule has 1 aromatic rings. The average molecular weight is 209 g/mol. The van der Waals surface area contributed by atoms with Crippen LogP contribution in [0.1, 0.15) is 18.4 Å². The molecule has 0 unspecified atom stereocenters. The number of hydrogen-bond donors (Lipinski definition) is 0. The maximum absolute atomic E-state index is 5.54. The fourth-order valence-electron chi connectivity index (χ4n) is 0.994. The van der Waals surface area contributed by atoms with Crippen molar-refractivity contribution in [3.05, 3.63) is 29.8 Å². The summed E-state index contributed by atoms with van der Waals surface area (Å²) < 4.78 is 5.05. The van der Waals surface area contributed by atoms with Crippen molar-refractivity contribution in [2.75, 3.05) is 13.0 Å². The zero-order valence-corrected chi connectivity index (χ0v) is 8.97. The minimum absolute atomic E-state index is 0.678. The van der Waals surface area contributed by atoms with Gasteiger partial charge in [-0.3, -0.25) is 0 Å². The van der Waals surface area contributed by atoms with Crippen LogP contribution < -0.4 is 4.74 Å². The number of benzene rings is 1. The van der Waals surface area contributed by atoms with Gasteiger partial charge in [0.1, 0.15) is 5.75 Å². The number of ether oxygens (including phenoxy) is 1. The molecule has 0 spiro atoms. The van der Waals surface area contributed by atoms with E-state index in [1.807, 2.05) is 24.3 Å². The van der Waals surface area contributed by atoms with Crippen molar-refractivity contribution in [1.82, 2.24) is 0 Å². The first-order chi connectivity index (χ1) is 6.86. The van der Waals surface area contributed by atoms with Crippen LogP contribution in [0.3, 0.4) is 0 Å². The molecule has 2 heteroatoms. The summed E-state index contributed by atoms with van der Waals surface area (Å²) in [4.78, 5) is 0. The third kappa shape index (κ3) is 3.72. The summed E-state index contributed by atoms with van der Waals surface area (Å²) in [6.07, 6.45) is 1.81. The molecular formula is C12H13ClO. The van der Waals surface area contributed by atoms with Crippen LogP contribution in [-0.2, 0) is 0 Å². The summed E-state index contributed by atoms with van der Waals surface area (Å²) in [5.74, 6) is 7.67. The summed E-state index contributed by atoms with van der Waals surface area (Å²) >= 11 is 5.54. The molecule has 0 fully saturated rings. The van der Waals surface area contributed by atoms with Crippen molar-refractivity contribution in [3.63, 3.8) is 0 Å². The highest BCUT2D eigenvalue weighted by atomic mass is 35.5. The number of halogens is 1. The quantitative estimate of drug-likeness (QED) is 0.422. The van der Waals surface area contributed by atoms with Gasteiger partial charge in [-0.1, -0.05) is 11.8 Å². The van der Waals surface area contributed by atoms with Gasteiger partial charge in [-0.2, -0.15) is 0 Å². The standard InChI is InChI=1S/C12H13ClO/c1-14-12-8-6-11(7-9-12)5-3-2-4-10-13/h6-9H,2,4,10H2,1H3. The molecule has 0 amide bonds. The van der Waals surface area contributed by atoms with Crippen LogP contribution >= 0.6 is 11.6 Å². The first kappa shape index (κ1) is 10.9. The van der Waals surface area contributed by atoms with E-state index in [0.717, 1.165) is 24.2 Å². The lowest BCUT2D eigenvalue weighted by Crippen LogP contribution is -1.81. The summed E-state index contributed by atoms with van der Waals surface area (Å²) in [5.41, 5.74) is 1.01. The van der Waals surface area contributed by atoms with Crippen LogP contribution in [0.25, 0.3) is 0 Å². The molecule has 0 radical (unpaired) electrons. The molecule has 0 aliphatic rings. The van der Waals surface area contributed by atoms with Gasteiger partial charge in [0.2, 0.25) is 0 Å². The van der Waals surface area contributed by atoms with Gasteiger partial charge in [0, 0.05) is 17.9 Å². The lowest BCUT2D eigenvalue weighted by Gasteiger charge is -1.97. The van der Waals surface area contributed by atoms with Gasteiger partial charge in [-0.15, -0.1) is 11.6 Å². The Balaban J connectivity index is 2.53. The van der Waals surface area contributed by atoms with Gasteiger partial charge in [0.05, 0.1) is 7.11 Å². The van der Waals surface area contributed by atoms with Gasteiger partial charge in [0.15, 0.2) is 0 Å². The Morgan fingerprint density at radius 3 is 2.57 bits per heavy atom. The van der Waals surface area contributed by atoms with Gasteiger partial charge in [0.25, 0.3) is 0 Å². The predicted octanol–water partition coefficient (Wildman–Crippen LogP) is 3.07. The molecule has 0 saturated carbocycles. The smallest absolute Gasteiger partial charge is 0.118 e. The van der Waals surface area contributed by atoms with Crippen LogP contribution in [-0.4, -0.2) is 13.0 Å². The van der Waals surface area contributed by atoms with E-state index in [1.54, 1.807) is 7.11 Å². The maximum Gasteiger partial charge on any atom is 0.118 e. The van der Waals surface area contributed by atoms with Crippen molar-refractivity contribution in [3.8, 4) is 17.6 Å². The summed E-state index contributed by atoms with van der Waals surface area (Å²) in [7, 11) is 1.65. The fraction of sp³-hybridized carbons (Fsp3) is 0.333. The van der Waals surface area contributed by atoms with E-state index in [2.05, 4.69) is 11.8 Å². The number of rotatable bonds is 3. The normalized spacial score (nSPS) is 9.00. The van der Waals surface area contributed by atoms with Crippen molar-refractivity contribution in [1.29, 1.82) is 0 Å². The van der Waals surface area contributed by atoms with E-state index >= 15 is 0 Å². The molecule has 1 rings (SSSR count). The second kappa shape index (κ2) is 6.34. The SMILES string of the molecule is COc1ccc(C#CCCCCl)cc1. The van der Waals surface area contributed by atoms with Crippen molar-refractivity contribution in [2.45, 2.75) is 12.8 Å². The molecule has 0 bridgehead atoms. The Bertz CT molecular complexity index is 318. The van der Waals surface area contributed by atoms with E-state index in [9.17, 15) is 0 Å². The van der Waals surface area contributed by atoms with Crippen LogP contribution in [0, 0.1) is 11.8 Å². The molecule has 14 heavy (non-hydrogen) atoms. The molecule has 0 aromatic heterocycles. The Morgan fingerprint density at radius 2 is 2.00 bits per heavy atom. The zero-order chi connectivity index (χ0) is 10.2. The molecule has 74 valence electrons. The topological polar surface area (TPSA) is 9.23 Å². The average Bonchev–Trinajstić information content (AvgIpc) is 2.25. The third-order valence-electron chi connectivity index (χ3n) is 1.76. The number of hydrogen-bond acceptors (Lipinski definition) is 1. The van der Waals surface area contributed by atoms with E-state index in [-0.39, 0.29) is 0 Å². The maximum atomic E-state index is 5.54. The molecule has 1 nitrogen and oxygen atoms in total. The first-order valence-corrected chi connectivity index (χ1v) is 5.09. The molecule has 0 saturated heterocycles. The molecule has 0 N–H and O–H groups in total. The summed E-state index contributed by atoms with van der Waals surface area (Å²) in [6.45, 7) is 0. The minimum Gasteiger partial charge on any atom is -0.497 e. The molecule has 1 aromatic carbocycles. The third-order valence-corrected chi connectivity index (χ3v) is 2.03. The van der Waals surface area contributed by atoms with Gasteiger partial charge < -0.3 is 4.74 Å². The Hall–Kier alpha value is -1.13. The first-order valence-electron chi connectivity index (χ1n) is 4.55. The Labute approximate surface area is 90.0 Å². The zero-order valence-electron chi connectivity index (χ0n) is 8.22. The van der Waals surface area contributed by atoms with E-state index in [1.165, 1.54) is 0 Å². The van der Waals surface area contributed by atoms with Crippen LogP contribution in [0.4, 0.5) is 0 Å². The summed E-state index contributed by atoms with van der Waals surface area (Å²) in [5, 5.41) is 0. The molecule has 0 heterocycles. The Kier molecular flexibility index (Phi) is 4.96. The largest absolute Gasteiger partial charge is 0.497 e. The van der Waals surface area contributed by atoms with Crippen LogP contribution in [0.5, 0.6) is 5.75 Å². The highest BCUT2D eigenvalue weighted by molar-refractivity contribution is 6.17. The van der Waals surface area contributed by atoms with Crippen LogP contribution in [0.2, 0.25) is 0 Å². The monoisotopic (exact) mass is 208 g/mol. The Morgan fingerprint density at radius 1 is 1.29 bits per heavy atom. The van der Waals surface area contributed by atoms with Crippen molar-refractivity contribution in [2.24, 2.45) is 0 Å². The number of alkyl halides is 1. The highest BCUT2D eigenvalue weighted by Crippen LogP contribution is 2.10. The lowest BCUT2D eigenvalue weighted by molar-refractivity contribution is 0.415. The minimum atomic E-state index is 0.678. The second-order valence-electron chi connectivity index (χ2n) is 2.82. The molecule has 0 atom stereocenters. The van der Waals surface area contributed by atoms with E-state index in [4.69, 9.17) is 16.3 Å². The van der Waals surface area contributed by atoms with Gasteiger partial charge in [-0.25, -0.2) is 0 Å². The number of unbranched alkanes of at least 4 members (excludes halogenated alkanes) is 1. The fourth-order valence-corrected chi connectivity index (χ4v) is 1.13.